The minimum Gasteiger partial charge on any atom is -0.309 e. The van der Waals surface area contributed by atoms with Gasteiger partial charge in [0, 0.05) is 18.7 Å². The molecule has 0 fully saturated rings. The van der Waals surface area contributed by atoms with Crippen LogP contribution in [0.4, 0.5) is 0 Å². The van der Waals surface area contributed by atoms with Crippen molar-refractivity contribution in [1.29, 1.82) is 0 Å². The molecule has 0 saturated heterocycles. The van der Waals surface area contributed by atoms with Crippen LogP contribution in [0.3, 0.4) is 0 Å². The number of pyridine rings is 1. The fourth-order valence-corrected chi connectivity index (χ4v) is 1.76. The van der Waals surface area contributed by atoms with Gasteiger partial charge in [0.1, 0.15) is 0 Å². The van der Waals surface area contributed by atoms with Gasteiger partial charge in [-0.05, 0) is 44.0 Å². The van der Waals surface area contributed by atoms with Crippen LogP contribution in [0, 0.1) is 19.3 Å². The van der Waals surface area contributed by atoms with Crippen molar-refractivity contribution >= 4 is 0 Å². The summed E-state index contributed by atoms with van der Waals surface area (Å²) in [5.74, 6) is 2.68. The maximum Gasteiger partial charge on any atom is 0.0575 e. The van der Waals surface area contributed by atoms with Gasteiger partial charge < -0.3 is 5.32 Å². The van der Waals surface area contributed by atoms with Gasteiger partial charge in [-0.15, -0.1) is 12.3 Å². The van der Waals surface area contributed by atoms with E-state index in [1.165, 1.54) is 5.56 Å². The lowest BCUT2D eigenvalue weighted by atomic mass is 10.0. The molecular weight excluding hydrogens is 196 g/mol. The zero-order chi connectivity index (χ0) is 11.8. The van der Waals surface area contributed by atoms with Crippen molar-refractivity contribution in [3.05, 3.63) is 29.6 Å². The molecule has 86 valence electrons. The Labute approximate surface area is 98.5 Å². The SMILES string of the molecule is C#CCCCC(NCC)c1cc(C)ccn1. The summed E-state index contributed by atoms with van der Waals surface area (Å²) in [5, 5.41) is 3.45. The summed E-state index contributed by atoms with van der Waals surface area (Å²) in [6, 6.07) is 4.50. The van der Waals surface area contributed by atoms with Crippen molar-refractivity contribution in [2.45, 2.75) is 39.2 Å². The third kappa shape index (κ3) is 4.04. The van der Waals surface area contributed by atoms with E-state index in [2.05, 4.69) is 36.1 Å². The number of unbranched alkanes of at least 4 members (excludes halogenated alkanes) is 1. The van der Waals surface area contributed by atoms with E-state index in [1.807, 2.05) is 12.3 Å². The van der Waals surface area contributed by atoms with Gasteiger partial charge in [-0.3, -0.25) is 4.98 Å². The monoisotopic (exact) mass is 216 g/mol. The molecule has 1 unspecified atom stereocenters. The highest BCUT2D eigenvalue weighted by Crippen LogP contribution is 2.17. The van der Waals surface area contributed by atoms with Gasteiger partial charge in [-0.2, -0.15) is 0 Å². The van der Waals surface area contributed by atoms with Crippen LogP contribution < -0.4 is 5.32 Å². The van der Waals surface area contributed by atoms with E-state index in [1.54, 1.807) is 0 Å². The number of hydrogen-bond acceptors (Lipinski definition) is 2. The van der Waals surface area contributed by atoms with Crippen LogP contribution in [0.1, 0.15) is 43.5 Å². The second-order valence-electron chi connectivity index (χ2n) is 3.96. The topological polar surface area (TPSA) is 24.9 Å². The van der Waals surface area contributed by atoms with E-state index in [0.29, 0.717) is 6.04 Å². The molecule has 0 spiro atoms. The molecule has 2 heteroatoms. The van der Waals surface area contributed by atoms with Crippen LogP contribution in [0.5, 0.6) is 0 Å². The predicted molar refractivity (Wildman–Crippen MR) is 68.1 cm³/mol. The summed E-state index contributed by atoms with van der Waals surface area (Å²) in [7, 11) is 0. The lowest BCUT2D eigenvalue weighted by Gasteiger charge is -2.17. The van der Waals surface area contributed by atoms with Gasteiger partial charge in [-0.25, -0.2) is 0 Å². The standard InChI is InChI=1S/C14H20N2/c1-4-6-7-8-13(15-5-2)14-11-12(3)9-10-16-14/h1,9-11,13,15H,5-8H2,2-3H3. The number of nitrogens with one attached hydrogen (secondary N) is 1. The minimum atomic E-state index is 0.332. The minimum absolute atomic E-state index is 0.332. The maximum atomic E-state index is 5.27. The Morgan fingerprint density at radius 1 is 1.56 bits per heavy atom. The summed E-state index contributed by atoms with van der Waals surface area (Å²) < 4.78 is 0. The normalized spacial score (nSPS) is 12.1. The van der Waals surface area contributed by atoms with Crippen molar-refractivity contribution in [2.24, 2.45) is 0 Å². The van der Waals surface area contributed by atoms with Crippen LogP contribution in [0.15, 0.2) is 18.3 Å². The smallest absolute Gasteiger partial charge is 0.0575 e. The van der Waals surface area contributed by atoms with E-state index in [4.69, 9.17) is 6.42 Å². The first-order valence-electron chi connectivity index (χ1n) is 5.87. The number of aryl methyl sites for hydroxylation is 1. The molecule has 0 radical (unpaired) electrons. The lowest BCUT2D eigenvalue weighted by Crippen LogP contribution is -2.21. The van der Waals surface area contributed by atoms with Crippen molar-refractivity contribution < 1.29 is 0 Å². The molecule has 2 nitrogen and oxygen atoms in total. The molecule has 0 bridgehead atoms. The number of terminal acetylenes is 1. The van der Waals surface area contributed by atoms with Crippen LogP contribution in [-0.4, -0.2) is 11.5 Å². The molecule has 1 aromatic heterocycles. The first-order valence-corrected chi connectivity index (χ1v) is 5.87. The van der Waals surface area contributed by atoms with Crippen LogP contribution in [-0.2, 0) is 0 Å². The predicted octanol–water partition coefficient (Wildman–Crippen LogP) is 2.84. The van der Waals surface area contributed by atoms with Crippen molar-refractivity contribution in [2.75, 3.05) is 6.54 Å². The summed E-state index contributed by atoms with van der Waals surface area (Å²) in [6.45, 7) is 5.16. The highest BCUT2D eigenvalue weighted by molar-refractivity contribution is 5.17. The van der Waals surface area contributed by atoms with E-state index in [0.717, 1.165) is 31.5 Å². The Kier molecular flexibility index (Phi) is 5.60. The zero-order valence-electron chi connectivity index (χ0n) is 10.2. The van der Waals surface area contributed by atoms with Crippen LogP contribution in [0.2, 0.25) is 0 Å². The molecule has 1 N–H and O–H groups in total. The lowest BCUT2D eigenvalue weighted by molar-refractivity contribution is 0.491. The number of rotatable bonds is 6. The first kappa shape index (κ1) is 12.7. The van der Waals surface area contributed by atoms with Gasteiger partial charge in [0.25, 0.3) is 0 Å². The van der Waals surface area contributed by atoms with Crippen molar-refractivity contribution in [1.82, 2.24) is 10.3 Å². The second kappa shape index (κ2) is 7.03. The van der Waals surface area contributed by atoms with E-state index >= 15 is 0 Å². The summed E-state index contributed by atoms with van der Waals surface area (Å²) >= 11 is 0. The first-order chi connectivity index (χ1) is 7.77. The fraction of sp³-hybridized carbons (Fsp3) is 0.500. The summed E-state index contributed by atoms with van der Waals surface area (Å²) in [5.41, 5.74) is 2.38. The van der Waals surface area contributed by atoms with Gasteiger partial charge in [0.2, 0.25) is 0 Å². The zero-order valence-corrected chi connectivity index (χ0v) is 10.2. The summed E-state index contributed by atoms with van der Waals surface area (Å²) in [4.78, 5) is 4.42. The Hall–Kier alpha value is -1.33. The number of hydrogen-bond donors (Lipinski definition) is 1. The van der Waals surface area contributed by atoms with E-state index in [-0.39, 0.29) is 0 Å². The number of aromatic nitrogens is 1. The van der Waals surface area contributed by atoms with E-state index < -0.39 is 0 Å². The molecule has 0 aliphatic heterocycles. The van der Waals surface area contributed by atoms with Gasteiger partial charge in [0.05, 0.1) is 5.69 Å². The molecule has 16 heavy (non-hydrogen) atoms. The fourth-order valence-electron chi connectivity index (χ4n) is 1.76. The van der Waals surface area contributed by atoms with Crippen LogP contribution >= 0.6 is 0 Å². The average molecular weight is 216 g/mol. The molecule has 1 aromatic rings. The summed E-state index contributed by atoms with van der Waals surface area (Å²) in [6.07, 6.45) is 10.1. The molecule has 0 saturated carbocycles. The third-order valence-electron chi connectivity index (χ3n) is 2.56. The Morgan fingerprint density at radius 2 is 2.38 bits per heavy atom. The Balaban J connectivity index is 2.65. The van der Waals surface area contributed by atoms with Gasteiger partial charge >= 0.3 is 0 Å². The third-order valence-corrected chi connectivity index (χ3v) is 2.56. The highest BCUT2D eigenvalue weighted by Gasteiger charge is 2.10. The van der Waals surface area contributed by atoms with Crippen molar-refractivity contribution in [3.63, 3.8) is 0 Å². The van der Waals surface area contributed by atoms with E-state index in [9.17, 15) is 0 Å². The number of nitrogens with zero attached hydrogens (tertiary/aromatic N) is 1. The largest absolute Gasteiger partial charge is 0.309 e. The molecule has 0 aliphatic rings. The molecule has 0 amide bonds. The van der Waals surface area contributed by atoms with Crippen LogP contribution in [0.25, 0.3) is 0 Å². The molecule has 1 rings (SSSR count). The Morgan fingerprint density at radius 3 is 3.00 bits per heavy atom. The highest BCUT2D eigenvalue weighted by atomic mass is 14.9. The van der Waals surface area contributed by atoms with Gasteiger partial charge in [-0.1, -0.05) is 6.92 Å². The second-order valence-corrected chi connectivity index (χ2v) is 3.96. The molecule has 0 aromatic carbocycles. The maximum absolute atomic E-state index is 5.27. The Bertz CT molecular complexity index is 352. The molecule has 1 atom stereocenters. The average Bonchev–Trinajstić information content (AvgIpc) is 2.28. The molecule has 0 aliphatic carbocycles. The quantitative estimate of drug-likeness (QED) is 0.584. The molecule has 1 heterocycles. The molecular formula is C14H20N2. The van der Waals surface area contributed by atoms with Crippen molar-refractivity contribution in [3.8, 4) is 12.3 Å². The van der Waals surface area contributed by atoms with Gasteiger partial charge in [0.15, 0.2) is 0 Å².